The average Bonchev–Trinajstić information content (AvgIpc) is 2.61. The van der Waals surface area contributed by atoms with Crippen LogP contribution in [-0.2, 0) is 9.59 Å². The molecular formula is C19H35N3O2. The Morgan fingerprint density at radius 3 is 2.21 bits per heavy atom. The molecule has 0 saturated carbocycles. The van der Waals surface area contributed by atoms with Crippen LogP contribution in [0, 0.1) is 5.92 Å². The summed E-state index contributed by atoms with van der Waals surface area (Å²) in [5.41, 5.74) is -0.159. The molecule has 0 aromatic heterocycles. The van der Waals surface area contributed by atoms with Crippen LogP contribution >= 0.6 is 0 Å². The molecule has 138 valence electrons. The van der Waals surface area contributed by atoms with Crippen LogP contribution < -0.4 is 5.32 Å². The zero-order chi connectivity index (χ0) is 17.7. The highest BCUT2D eigenvalue weighted by atomic mass is 16.2. The Labute approximate surface area is 147 Å². The number of carbonyl (C=O) groups excluding carboxylic acids is 2. The van der Waals surface area contributed by atoms with Gasteiger partial charge in [-0.1, -0.05) is 6.92 Å². The first-order valence-corrected chi connectivity index (χ1v) is 9.69. The van der Waals surface area contributed by atoms with E-state index in [1.165, 1.54) is 6.42 Å². The molecule has 24 heavy (non-hydrogen) atoms. The Hall–Kier alpha value is -1.10. The quantitative estimate of drug-likeness (QED) is 0.838. The molecule has 2 aliphatic rings. The Morgan fingerprint density at radius 2 is 1.67 bits per heavy atom. The summed E-state index contributed by atoms with van der Waals surface area (Å²) in [6.07, 6.45) is 6.22. The number of hydrogen-bond donors (Lipinski definition) is 1. The number of likely N-dealkylation sites (tertiary alicyclic amines) is 2. The summed E-state index contributed by atoms with van der Waals surface area (Å²) in [6.45, 7) is 11.7. The van der Waals surface area contributed by atoms with Gasteiger partial charge in [-0.15, -0.1) is 0 Å². The maximum Gasteiger partial charge on any atom is 0.237 e. The molecule has 0 spiro atoms. The van der Waals surface area contributed by atoms with Gasteiger partial charge in [0.05, 0.1) is 6.04 Å². The molecule has 2 aliphatic heterocycles. The lowest BCUT2D eigenvalue weighted by molar-refractivity contribution is -0.138. The van der Waals surface area contributed by atoms with E-state index in [1.54, 1.807) is 0 Å². The van der Waals surface area contributed by atoms with Gasteiger partial charge in [0, 0.05) is 24.5 Å². The molecule has 5 nitrogen and oxygen atoms in total. The Kier molecular flexibility index (Phi) is 6.67. The van der Waals surface area contributed by atoms with Gasteiger partial charge in [0.1, 0.15) is 0 Å². The Balaban J connectivity index is 1.81. The highest BCUT2D eigenvalue weighted by molar-refractivity contribution is 5.82. The second kappa shape index (κ2) is 8.32. The van der Waals surface area contributed by atoms with Gasteiger partial charge >= 0.3 is 0 Å². The fourth-order valence-corrected chi connectivity index (χ4v) is 3.60. The Morgan fingerprint density at radius 1 is 1.08 bits per heavy atom. The molecule has 0 aromatic rings. The molecule has 0 radical (unpaired) electrons. The summed E-state index contributed by atoms with van der Waals surface area (Å²) in [7, 11) is 0. The molecule has 1 N–H and O–H groups in total. The standard InChI is InChI=1S/C19H35N3O2/c1-5-19(3,4)20-17(23)15(2)21-13-9-16(10-14-21)18(24)22-11-7-6-8-12-22/h15-16H,5-14H2,1-4H3,(H,20,23). The molecule has 2 amide bonds. The van der Waals surface area contributed by atoms with Gasteiger partial charge in [0.15, 0.2) is 0 Å². The van der Waals surface area contributed by atoms with Crippen molar-refractivity contribution in [2.24, 2.45) is 5.92 Å². The monoisotopic (exact) mass is 337 g/mol. The van der Waals surface area contributed by atoms with E-state index in [-0.39, 0.29) is 23.4 Å². The normalized spacial score (nSPS) is 22.2. The van der Waals surface area contributed by atoms with Crippen molar-refractivity contribution in [2.75, 3.05) is 26.2 Å². The second-order valence-electron chi connectivity index (χ2n) is 8.10. The maximum atomic E-state index is 12.6. The number of nitrogens with zero attached hydrogens (tertiary/aromatic N) is 2. The number of rotatable bonds is 5. The predicted octanol–water partition coefficient (Wildman–Crippen LogP) is 2.40. The lowest BCUT2D eigenvalue weighted by Gasteiger charge is -2.38. The minimum atomic E-state index is -0.159. The van der Waals surface area contributed by atoms with E-state index >= 15 is 0 Å². The zero-order valence-corrected chi connectivity index (χ0v) is 15.9. The van der Waals surface area contributed by atoms with Crippen molar-refractivity contribution < 1.29 is 9.59 Å². The Bertz CT molecular complexity index is 436. The van der Waals surface area contributed by atoms with E-state index in [1.807, 2.05) is 6.92 Å². The largest absolute Gasteiger partial charge is 0.350 e. The first-order valence-electron chi connectivity index (χ1n) is 9.69. The highest BCUT2D eigenvalue weighted by Crippen LogP contribution is 2.23. The topological polar surface area (TPSA) is 52.7 Å². The SMILES string of the molecule is CCC(C)(C)NC(=O)C(C)N1CCC(C(=O)N2CCCCC2)CC1. The summed E-state index contributed by atoms with van der Waals surface area (Å²) in [5, 5.41) is 3.13. The summed E-state index contributed by atoms with van der Waals surface area (Å²) >= 11 is 0. The van der Waals surface area contributed by atoms with Crippen molar-refractivity contribution >= 4 is 11.8 Å². The van der Waals surface area contributed by atoms with E-state index in [2.05, 4.69) is 35.9 Å². The lowest BCUT2D eigenvalue weighted by atomic mass is 9.93. The minimum Gasteiger partial charge on any atom is -0.350 e. The predicted molar refractivity (Wildman–Crippen MR) is 96.7 cm³/mol. The zero-order valence-electron chi connectivity index (χ0n) is 15.9. The first kappa shape index (κ1) is 19.2. The van der Waals surface area contributed by atoms with Crippen LogP contribution in [0.2, 0.25) is 0 Å². The van der Waals surface area contributed by atoms with Crippen LogP contribution in [0.15, 0.2) is 0 Å². The van der Waals surface area contributed by atoms with Crippen LogP contribution in [0.4, 0.5) is 0 Å². The number of piperidine rings is 2. The van der Waals surface area contributed by atoms with Gasteiger partial charge < -0.3 is 10.2 Å². The van der Waals surface area contributed by atoms with Crippen LogP contribution in [0.25, 0.3) is 0 Å². The van der Waals surface area contributed by atoms with E-state index < -0.39 is 0 Å². The molecule has 1 unspecified atom stereocenters. The number of nitrogens with one attached hydrogen (secondary N) is 1. The molecule has 1 atom stereocenters. The smallest absolute Gasteiger partial charge is 0.237 e. The fourth-order valence-electron chi connectivity index (χ4n) is 3.60. The molecule has 5 heteroatoms. The van der Waals surface area contributed by atoms with E-state index in [0.717, 1.165) is 58.3 Å². The summed E-state index contributed by atoms with van der Waals surface area (Å²) in [4.78, 5) is 29.4. The molecule has 2 heterocycles. The van der Waals surface area contributed by atoms with Gasteiger partial charge in [0.2, 0.25) is 11.8 Å². The summed E-state index contributed by atoms with van der Waals surface area (Å²) in [6, 6.07) is -0.123. The third-order valence-electron chi connectivity index (χ3n) is 5.82. The molecule has 2 saturated heterocycles. The molecule has 0 aliphatic carbocycles. The van der Waals surface area contributed by atoms with Crippen LogP contribution in [0.1, 0.15) is 66.2 Å². The van der Waals surface area contributed by atoms with Crippen molar-refractivity contribution in [3.63, 3.8) is 0 Å². The number of hydrogen-bond acceptors (Lipinski definition) is 3. The third-order valence-corrected chi connectivity index (χ3v) is 5.82. The number of amides is 2. The molecule has 0 aromatic carbocycles. The molecule has 0 bridgehead atoms. The van der Waals surface area contributed by atoms with Gasteiger partial charge in [-0.2, -0.15) is 0 Å². The maximum absolute atomic E-state index is 12.6. The van der Waals surface area contributed by atoms with E-state index in [0.29, 0.717) is 5.91 Å². The summed E-state index contributed by atoms with van der Waals surface area (Å²) < 4.78 is 0. The number of carbonyl (C=O) groups is 2. The fraction of sp³-hybridized carbons (Fsp3) is 0.895. The third kappa shape index (κ3) is 4.95. The van der Waals surface area contributed by atoms with E-state index in [9.17, 15) is 9.59 Å². The van der Waals surface area contributed by atoms with Crippen molar-refractivity contribution in [3.8, 4) is 0 Å². The van der Waals surface area contributed by atoms with Gasteiger partial charge in [0.25, 0.3) is 0 Å². The van der Waals surface area contributed by atoms with Crippen molar-refractivity contribution in [3.05, 3.63) is 0 Å². The van der Waals surface area contributed by atoms with E-state index in [4.69, 9.17) is 0 Å². The minimum absolute atomic E-state index is 0.0997. The highest BCUT2D eigenvalue weighted by Gasteiger charge is 2.33. The van der Waals surface area contributed by atoms with Gasteiger partial charge in [-0.25, -0.2) is 0 Å². The molecule has 2 rings (SSSR count). The average molecular weight is 338 g/mol. The van der Waals surface area contributed by atoms with Crippen LogP contribution in [0.3, 0.4) is 0 Å². The van der Waals surface area contributed by atoms with Gasteiger partial charge in [-0.05, 0) is 72.4 Å². The second-order valence-corrected chi connectivity index (χ2v) is 8.10. The van der Waals surface area contributed by atoms with Gasteiger partial charge in [-0.3, -0.25) is 14.5 Å². The van der Waals surface area contributed by atoms with Crippen molar-refractivity contribution in [2.45, 2.75) is 77.8 Å². The molecule has 2 fully saturated rings. The van der Waals surface area contributed by atoms with Crippen molar-refractivity contribution in [1.82, 2.24) is 15.1 Å². The lowest BCUT2D eigenvalue weighted by Crippen LogP contribution is -2.54. The van der Waals surface area contributed by atoms with Crippen LogP contribution in [0.5, 0.6) is 0 Å². The first-order chi connectivity index (χ1) is 11.3. The van der Waals surface area contributed by atoms with Crippen LogP contribution in [-0.4, -0.2) is 59.4 Å². The van der Waals surface area contributed by atoms with Crippen molar-refractivity contribution in [1.29, 1.82) is 0 Å². The molecular weight excluding hydrogens is 302 g/mol. The summed E-state index contributed by atoms with van der Waals surface area (Å²) in [5.74, 6) is 0.600.